The van der Waals surface area contributed by atoms with Crippen LogP contribution < -0.4 is 10.5 Å². The molecule has 112 valence electrons. The van der Waals surface area contributed by atoms with Gasteiger partial charge < -0.3 is 5.73 Å². The maximum absolute atomic E-state index is 13.4. The van der Waals surface area contributed by atoms with Gasteiger partial charge in [-0.25, -0.2) is 12.8 Å². The van der Waals surface area contributed by atoms with Crippen LogP contribution in [-0.4, -0.2) is 8.42 Å². The molecule has 0 aliphatic heterocycles. The van der Waals surface area contributed by atoms with Gasteiger partial charge >= 0.3 is 0 Å². The van der Waals surface area contributed by atoms with Crippen LogP contribution in [0, 0.1) is 19.7 Å². The summed E-state index contributed by atoms with van der Waals surface area (Å²) in [5.74, 6) is -0.452. The van der Waals surface area contributed by atoms with Gasteiger partial charge in [0.1, 0.15) is 5.82 Å². The Hall–Kier alpha value is -1.92. The van der Waals surface area contributed by atoms with E-state index in [1.165, 1.54) is 18.2 Å². The van der Waals surface area contributed by atoms with Gasteiger partial charge in [0, 0.05) is 17.8 Å². The zero-order chi connectivity index (χ0) is 15.6. The number of halogens is 1. The summed E-state index contributed by atoms with van der Waals surface area (Å²) in [6.07, 6.45) is 0. The molecular weight excluding hydrogens is 291 g/mol. The van der Waals surface area contributed by atoms with E-state index in [0.29, 0.717) is 5.56 Å². The van der Waals surface area contributed by atoms with Gasteiger partial charge in [0.2, 0.25) is 0 Å². The van der Waals surface area contributed by atoms with Crippen molar-refractivity contribution in [3.05, 3.63) is 58.9 Å². The fourth-order valence-corrected chi connectivity index (χ4v) is 3.38. The van der Waals surface area contributed by atoms with E-state index in [1.54, 1.807) is 19.1 Å². The van der Waals surface area contributed by atoms with Gasteiger partial charge in [-0.05, 0) is 49.2 Å². The number of sulfonamides is 1. The summed E-state index contributed by atoms with van der Waals surface area (Å²) in [4.78, 5) is 0.209. The molecule has 0 heterocycles. The van der Waals surface area contributed by atoms with Crippen molar-refractivity contribution >= 4 is 15.7 Å². The van der Waals surface area contributed by atoms with Crippen LogP contribution in [0.15, 0.2) is 41.3 Å². The highest BCUT2D eigenvalue weighted by molar-refractivity contribution is 7.92. The lowest BCUT2D eigenvalue weighted by atomic mass is 10.2. The SMILES string of the molecule is Cc1ccc(C)c(S(=O)(=O)Nc2ccc(F)c(CN)c2)c1. The van der Waals surface area contributed by atoms with Crippen LogP contribution >= 0.6 is 0 Å². The van der Waals surface area contributed by atoms with E-state index in [1.807, 2.05) is 13.0 Å². The third-order valence-electron chi connectivity index (χ3n) is 3.15. The van der Waals surface area contributed by atoms with E-state index >= 15 is 0 Å². The normalized spacial score (nSPS) is 11.4. The second kappa shape index (κ2) is 5.83. The van der Waals surface area contributed by atoms with Crippen molar-refractivity contribution < 1.29 is 12.8 Å². The van der Waals surface area contributed by atoms with Crippen molar-refractivity contribution in [3.63, 3.8) is 0 Å². The maximum atomic E-state index is 13.4. The molecule has 2 aromatic carbocycles. The molecule has 4 nitrogen and oxygen atoms in total. The summed E-state index contributed by atoms with van der Waals surface area (Å²) >= 11 is 0. The van der Waals surface area contributed by atoms with Crippen LogP contribution in [0.1, 0.15) is 16.7 Å². The van der Waals surface area contributed by atoms with E-state index < -0.39 is 15.8 Å². The van der Waals surface area contributed by atoms with Crippen LogP contribution in [0.5, 0.6) is 0 Å². The molecule has 3 N–H and O–H groups in total. The van der Waals surface area contributed by atoms with Gasteiger partial charge in [0.15, 0.2) is 0 Å². The Kier molecular flexibility index (Phi) is 4.29. The van der Waals surface area contributed by atoms with Crippen molar-refractivity contribution in [2.45, 2.75) is 25.3 Å². The Balaban J connectivity index is 2.40. The lowest BCUT2D eigenvalue weighted by Crippen LogP contribution is -2.15. The smallest absolute Gasteiger partial charge is 0.262 e. The predicted molar refractivity (Wildman–Crippen MR) is 81.0 cm³/mol. The molecule has 0 bridgehead atoms. The number of aryl methyl sites for hydroxylation is 2. The van der Waals surface area contributed by atoms with Crippen molar-refractivity contribution in [1.29, 1.82) is 0 Å². The van der Waals surface area contributed by atoms with Crippen molar-refractivity contribution in [1.82, 2.24) is 0 Å². The predicted octanol–water partition coefficient (Wildman–Crippen LogP) is 2.70. The van der Waals surface area contributed by atoms with Crippen LogP contribution in [-0.2, 0) is 16.6 Å². The fraction of sp³-hybridized carbons (Fsp3) is 0.200. The largest absolute Gasteiger partial charge is 0.326 e. The van der Waals surface area contributed by atoms with E-state index in [0.717, 1.165) is 5.56 Å². The highest BCUT2D eigenvalue weighted by atomic mass is 32.2. The Morgan fingerprint density at radius 2 is 1.86 bits per heavy atom. The number of nitrogens with two attached hydrogens (primary N) is 1. The first kappa shape index (κ1) is 15.5. The van der Waals surface area contributed by atoms with Crippen molar-refractivity contribution in [2.75, 3.05) is 4.72 Å². The summed E-state index contributed by atoms with van der Waals surface area (Å²) in [5.41, 5.74) is 7.47. The average Bonchev–Trinajstić information content (AvgIpc) is 2.43. The Labute approximate surface area is 123 Å². The summed E-state index contributed by atoms with van der Waals surface area (Å²) in [6, 6.07) is 9.17. The quantitative estimate of drug-likeness (QED) is 0.912. The number of anilines is 1. The number of benzene rings is 2. The number of hydrogen-bond donors (Lipinski definition) is 2. The first-order valence-electron chi connectivity index (χ1n) is 6.42. The molecule has 2 rings (SSSR count). The molecule has 0 unspecified atom stereocenters. The van der Waals surface area contributed by atoms with Gasteiger partial charge in [-0.15, -0.1) is 0 Å². The second-order valence-corrected chi connectivity index (χ2v) is 6.54. The van der Waals surface area contributed by atoms with E-state index in [4.69, 9.17) is 5.73 Å². The molecule has 0 aliphatic rings. The van der Waals surface area contributed by atoms with Crippen molar-refractivity contribution in [2.24, 2.45) is 5.73 Å². The molecule has 2 aromatic rings. The molecule has 6 heteroatoms. The van der Waals surface area contributed by atoms with Crippen LogP contribution in [0.4, 0.5) is 10.1 Å². The molecule has 0 radical (unpaired) electrons. The Bertz CT molecular complexity index is 773. The van der Waals surface area contributed by atoms with Gasteiger partial charge in [0.05, 0.1) is 4.90 Å². The number of rotatable bonds is 4. The monoisotopic (exact) mass is 308 g/mol. The number of hydrogen-bond acceptors (Lipinski definition) is 3. The zero-order valence-electron chi connectivity index (χ0n) is 11.9. The summed E-state index contributed by atoms with van der Waals surface area (Å²) in [7, 11) is -3.72. The van der Waals surface area contributed by atoms with Gasteiger partial charge in [-0.3, -0.25) is 4.72 Å². The molecule has 0 aromatic heterocycles. The molecule has 0 saturated heterocycles. The summed E-state index contributed by atoms with van der Waals surface area (Å²) < 4.78 is 40.7. The van der Waals surface area contributed by atoms with E-state index in [9.17, 15) is 12.8 Å². The Morgan fingerprint density at radius 3 is 2.52 bits per heavy atom. The van der Waals surface area contributed by atoms with E-state index in [-0.39, 0.29) is 22.7 Å². The average molecular weight is 308 g/mol. The van der Waals surface area contributed by atoms with Crippen LogP contribution in [0.2, 0.25) is 0 Å². The van der Waals surface area contributed by atoms with Crippen molar-refractivity contribution in [3.8, 4) is 0 Å². The standard InChI is InChI=1S/C15H17FN2O2S/c1-10-3-4-11(2)15(7-10)21(19,20)18-13-5-6-14(16)12(8-13)9-17/h3-8,18H,9,17H2,1-2H3. The first-order valence-corrected chi connectivity index (χ1v) is 7.90. The minimum absolute atomic E-state index is 0.00484. The summed E-state index contributed by atoms with van der Waals surface area (Å²) in [6.45, 7) is 3.55. The maximum Gasteiger partial charge on any atom is 0.262 e. The molecule has 0 fully saturated rings. The highest BCUT2D eigenvalue weighted by Crippen LogP contribution is 2.22. The van der Waals surface area contributed by atoms with E-state index in [2.05, 4.69) is 4.72 Å². The first-order chi connectivity index (χ1) is 9.83. The summed E-state index contributed by atoms with van der Waals surface area (Å²) in [5, 5.41) is 0. The molecule has 0 amide bonds. The zero-order valence-corrected chi connectivity index (χ0v) is 12.7. The third kappa shape index (κ3) is 3.40. The molecule has 0 spiro atoms. The Morgan fingerprint density at radius 1 is 1.14 bits per heavy atom. The highest BCUT2D eigenvalue weighted by Gasteiger charge is 2.17. The third-order valence-corrected chi connectivity index (χ3v) is 4.67. The topological polar surface area (TPSA) is 72.2 Å². The minimum atomic E-state index is -3.72. The van der Waals surface area contributed by atoms with Gasteiger partial charge in [-0.1, -0.05) is 12.1 Å². The molecule has 21 heavy (non-hydrogen) atoms. The molecule has 0 aliphatic carbocycles. The fourth-order valence-electron chi connectivity index (χ4n) is 2.00. The molecular formula is C15H17FN2O2S. The van der Waals surface area contributed by atoms with Gasteiger partial charge in [-0.2, -0.15) is 0 Å². The lowest BCUT2D eigenvalue weighted by molar-refractivity contribution is 0.599. The molecule has 0 saturated carbocycles. The number of nitrogens with one attached hydrogen (secondary N) is 1. The van der Waals surface area contributed by atoms with Gasteiger partial charge in [0.25, 0.3) is 10.0 Å². The van der Waals surface area contributed by atoms with Crippen LogP contribution in [0.3, 0.4) is 0 Å². The molecule has 0 atom stereocenters. The minimum Gasteiger partial charge on any atom is -0.326 e. The lowest BCUT2D eigenvalue weighted by Gasteiger charge is -2.12. The van der Waals surface area contributed by atoms with Crippen LogP contribution in [0.25, 0.3) is 0 Å². The second-order valence-electron chi connectivity index (χ2n) is 4.88.